The molecular weight excluding hydrogens is 324 g/mol. The van der Waals surface area contributed by atoms with E-state index in [1.54, 1.807) is 29.5 Å². The molecule has 6 heteroatoms. The lowest BCUT2D eigenvalue weighted by atomic mass is 10.1. The van der Waals surface area contributed by atoms with E-state index in [1.165, 1.54) is 0 Å². The molecule has 3 aromatic rings. The van der Waals surface area contributed by atoms with Gasteiger partial charge in [0.2, 0.25) is 0 Å². The molecule has 0 aliphatic carbocycles. The predicted molar refractivity (Wildman–Crippen MR) is 93.8 cm³/mol. The summed E-state index contributed by atoms with van der Waals surface area (Å²) >= 11 is 1.59. The van der Waals surface area contributed by atoms with Crippen molar-refractivity contribution in [1.29, 1.82) is 0 Å². The lowest BCUT2D eigenvalue weighted by Gasteiger charge is -2.16. The van der Waals surface area contributed by atoms with Crippen molar-refractivity contribution in [3.8, 4) is 0 Å². The molecule has 1 N–H and O–H groups in total. The monoisotopic (exact) mass is 342 g/mol. The summed E-state index contributed by atoms with van der Waals surface area (Å²) in [7, 11) is 1.70. The quantitative estimate of drug-likeness (QED) is 0.701. The van der Waals surface area contributed by atoms with Crippen LogP contribution in [-0.2, 0) is 27.3 Å². The number of rotatable bonds is 6. The summed E-state index contributed by atoms with van der Waals surface area (Å²) < 4.78 is 5.12. The molecule has 0 fully saturated rings. The van der Waals surface area contributed by atoms with Crippen LogP contribution in [0.15, 0.2) is 47.3 Å². The number of benzene rings is 1. The fraction of sp³-hybridized carbons (Fsp3) is 0.222. The van der Waals surface area contributed by atoms with E-state index in [0.29, 0.717) is 6.54 Å². The number of H-pyrrole nitrogens is 1. The first-order chi connectivity index (χ1) is 11.6. The SMILES string of the molecule is CN(Cc1ccsc1)C(=O)COC(=O)Cc1c[nH]c2ccccc12. The fourth-order valence-electron chi connectivity index (χ4n) is 2.48. The summed E-state index contributed by atoms with van der Waals surface area (Å²) in [4.78, 5) is 28.7. The number of thiophene rings is 1. The summed E-state index contributed by atoms with van der Waals surface area (Å²) in [5, 5.41) is 4.96. The van der Waals surface area contributed by atoms with Gasteiger partial charge in [-0.1, -0.05) is 18.2 Å². The zero-order valence-electron chi connectivity index (χ0n) is 13.3. The standard InChI is InChI=1S/C18H18N2O3S/c1-20(10-13-6-7-24-12-13)17(21)11-23-18(22)8-14-9-19-16-5-3-2-4-15(14)16/h2-7,9,12,19H,8,10-11H2,1H3. The maximum Gasteiger partial charge on any atom is 0.310 e. The highest BCUT2D eigenvalue weighted by atomic mass is 32.1. The third-order valence-electron chi connectivity index (χ3n) is 3.79. The van der Waals surface area contributed by atoms with Crippen LogP contribution in [0.5, 0.6) is 0 Å². The van der Waals surface area contributed by atoms with Crippen molar-refractivity contribution in [2.75, 3.05) is 13.7 Å². The lowest BCUT2D eigenvalue weighted by Crippen LogP contribution is -2.30. The third kappa shape index (κ3) is 3.83. The van der Waals surface area contributed by atoms with Gasteiger partial charge >= 0.3 is 5.97 Å². The second-order valence-electron chi connectivity index (χ2n) is 5.58. The van der Waals surface area contributed by atoms with E-state index >= 15 is 0 Å². The Morgan fingerprint density at radius 1 is 1.25 bits per heavy atom. The molecule has 5 nitrogen and oxygen atoms in total. The number of esters is 1. The number of aromatic amines is 1. The Balaban J connectivity index is 1.51. The van der Waals surface area contributed by atoms with Crippen LogP contribution >= 0.6 is 11.3 Å². The van der Waals surface area contributed by atoms with Gasteiger partial charge < -0.3 is 14.6 Å². The van der Waals surface area contributed by atoms with Crippen LogP contribution < -0.4 is 0 Å². The molecule has 1 aromatic carbocycles. The van der Waals surface area contributed by atoms with E-state index in [2.05, 4.69) is 4.98 Å². The number of nitrogens with zero attached hydrogens (tertiary/aromatic N) is 1. The number of fused-ring (bicyclic) bond motifs is 1. The van der Waals surface area contributed by atoms with E-state index < -0.39 is 5.97 Å². The van der Waals surface area contributed by atoms with Crippen molar-refractivity contribution in [1.82, 2.24) is 9.88 Å². The molecule has 0 bridgehead atoms. The largest absolute Gasteiger partial charge is 0.455 e. The number of likely N-dealkylation sites (N-methyl/N-ethyl adjacent to an activating group) is 1. The van der Waals surface area contributed by atoms with Gasteiger partial charge in [-0.05, 0) is 34.0 Å². The van der Waals surface area contributed by atoms with E-state index in [1.807, 2.05) is 41.1 Å². The van der Waals surface area contributed by atoms with Crippen LogP contribution in [-0.4, -0.2) is 35.4 Å². The third-order valence-corrected chi connectivity index (χ3v) is 4.52. The lowest BCUT2D eigenvalue weighted by molar-refractivity contribution is -0.151. The molecule has 0 atom stereocenters. The Morgan fingerprint density at radius 2 is 2.08 bits per heavy atom. The van der Waals surface area contributed by atoms with Crippen LogP contribution in [0.3, 0.4) is 0 Å². The first-order valence-corrected chi connectivity index (χ1v) is 8.53. The Bertz CT molecular complexity index is 839. The van der Waals surface area contributed by atoms with E-state index in [4.69, 9.17) is 4.74 Å². The Hall–Kier alpha value is -2.60. The zero-order chi connectivity index (χ0) is 16.9. The number of nitrogens with one attached hydrogen (secondary N) is 1. The highest BCUT2D eigenvalue weighted by Gasteiger charge is 2.14. The highest BCUT2D eigenvalue weighted by molar-refractivity contribution is 7.07. The summed E-state index contributed by atoms with van der Waals surface area (Å²) in [6, 6.07) is 9.73. The first-order valence-electron chi connectivity index (χ1n) is 7.59. The van der Waals surface area contributed by atoms with E-state index in [0.717, 1.165) is 22.0 Å². The molecule has 3 rings (SSSR count). The Morgan fingerprint density at radius 3 is 2.88 bits per heavy atom. The molecule has 0 unspecified atom stereocenters. The molecule has 124 valence electrons. The minimum absolute atomic E-state index is 0.144. The van der Waals surface area contributed by atoms with Gasteiger partial charge in [0.25, 0.3) is 5.91 Å². The number of hydrogen-bond acceptors (Lipinski definition) is 4. The number of carbonyl (C=O) groups excluding carboxylic acids is 2. The number of amides is 1. The Kier molecular flexibility index (Phi) is 4.96. The molecule has 0 aliphatic heterocycles. The summed E-state index contributed by atoms with van der Waals surface area (Å²) in [5.74, 6) is -0.620. The molecule has 0 spiro atoms. The normalized spacial score (nSPS) is 10.7. The van der Waals surface area contributed by atoms with Crippen LogP contribution in [0.25, 0.3) is 10.9 Å². The van der Waals surface area contributed by atoms with Crippen molar-refractivity contribution >= 4 is 34.1 Å². The van der Waals surface area contributed by atoms with Gasteiger partial charge in [-0.25, -0.2) is 0 Å². The van der Waals surface area contributed by atoms with Crippen LogP contribution in [0.1, 0.15) is 11.1 Å². The number of ether oxygens (including phenoxy) is 1. The highest BCUT2D eigenvalue weighted by Crippen LogP contribution is 2.18. The minimum Gasteiger partial charge on any atom is -0.455 e. The molecule has 0 saturated heterocycles. The first kappa shape index (κ1) is 16.3. The van der Waals surface area contributed by atoms with Crippen molar-refractivity contribution in [2.45, 2.75) is 13.0 Å². The van der Waals surface area contributed by atoms with Crippen LogP contribution in [0.4, 0.5) is 0 Å². The van der Waals surface area contributed by atoms with Crippen molar-refractivity contribution in [2.24, 2.45) is 0 Å². The smallest absolute Gasteiger partial charge is 0.310 e. The minimum atomic E-state index is -0.406. The number of para-hydroxylation sites is 1. The van der Waals surface area contributed by atoms with Gasteiger partial charge in [-0.15, -0.1) is 0 Å². The van der Waals surface area contributed by atoms with Gasteiger partial charge in [0.15, 0.2) is 6.61 Å². The average molecular weight is 342 g/mol. The van der Waals surface area contributed by atoms with Crippen molar-refractivity contribution < 1.29 is 14.3 Å². The number of carbonyl (C=O) groups is 2. The molecular formula is C18H18N2O3S. The van der Waals surface area contributed by atoms with E-state index in [9.17, 15) is 9.59 Å². The molecule has 2 heterocycles. The maximum absolute atomic E-state index is 12.0. The van der Waals surface area contributed by atoms with Gasteiger partial charge in [-0.3, -0.25) is 9.59 Å². The maximum atomic E-state index is 12.0. The molecule has 24 heavy (non-hydrogen) atoms. The van der Waals surface area contributed by atoms with Crippen molar-refractivity contribution in [3.63, 3.8) is 0 Å². The van der Waals surface area contributed by atoms with Crippen LogP contribution in [0.2, 0.25) is 0 Å². The van der Waals surface area contributed by atoms with Gasteiger partial charge in [-0.2, -0.15) is 11.3 Å². The number of hydrogen-bond donors (Lipinski definition) is 1. The fourth-order valence-corrected chi connectivity index (χ4v) is 3.14. The second kappa shape index (κ2) is 7.31. The van der Waals surface area contributed by atoms with Gasteiger partial charge in [0, 0.05) is 30.7 Å². The van der Waals surface area contributed by atoms with E-state index in [-0.39, 0.29) is 18.9 Å². The molecule has 0 aliphatic rings. The summed E-state index contributed by atoms with van der Waals surface area (Å²) in [5.41, 5.74) is 2.92. The number of aromatic nitrogens is 1. The molecule has 0 saturated carbocycles. The van der Waals surface area contributed by atoms with Gasteiger partial charge in [0.1, 0.15) is 0 Å². The average Bonchev–Trinajstić information content (AvgIpc) is 3.23. The molecule has 0 radical (unpaired) electrons. The van der Waals surface area contributed by atoms with Gasteiger partial charge in [0.05, 0.1) is 6.42 Å². The summed E-state index contributed by atoms with van der Waals surface area (Å²) in [6.45, 7) is 0.282. The zero-order valence-corrected chi connectivity index (χ0v) is 14.1. The van der Waals surface area contributed by atoms with Crippen molar-refractivity contribution in [3.05, 3.63) is 58.4 Å². The Labute approximate surface area is 143 Å². The second-order valence-corrected chi connectivity index (χ2v) is 6.36. The topological polar surface area (TPSA) is 62.4 Å². The molecule has 1 amide bonds. The molecule has 2 aromatic heterocycles. The summed E-state index contributed by atoms with van der Waals surface area (Å²) in [6.07, 6.45) is 1.95. The predicted octanol–water partition coefficient (Wildman–Crippen LogP) is 2.97. The van der Waals surface area contributed by atoms with Crippen LogP contribution in [0, 0.1) is 0 Å².